The Balaban J connectivity index is 2.22. The van der Waals surface area contributed by atoms with E-state index in [0.717, 1.165) is 19.3 Å². The summed E-state index contributed by atoms with van der Waals surface area (Å²) in [6.07, 6.45) is 8.13. The lowest BCUT2D eigenvalue weighted by atomic mass is 9.54. The monoisotopic (exact) mass is 286 g/mol. The molecular weight excluding hydrogens is 256 g/mol. The summed E-state index contributed by atoms with van der Waals surface area (Å²) in [6.45, 7) is 0.0223. The minimum atomic E-state index is -0.421. The van der Waals surface area contributed by atoms with Gasteiger partial charge < -0.3 is 20.4 Å². The minimum absolute atomic E-state index is 0.000340. The van der Waals surface area contributed by atoms with Crippen molar-refractivity contribution in [3.8, 4) is 0 Å². The number of aliphatic hydroxyl groups excluding tert-OH is 4. The van der Waals surface area contributed by atoms with Crippen molar-refractivity contribution in [2.24, 2.45) is 22.7 Å². The van der Waals surface area contributed by atoms with Crippen molar-refractivity contribution in [3.63, 3.8) is 0 Å². The third kappa shape index (κ3) is 2.89. The average molecular weight is 286 g/mol. The molecule has 1 atom stereocenters. The first-order valence-electron chi connectivity index (χ1n) is 8.09. The van der Waals surface area contributed by atoms with E-state index in [0.29, 0.717) is 18.8 Å². The fourth-order valence-corrected chi connectivity index (χ4v) is 4.47. The zero-order valence-electron chi connectivity index (χ0n) is 12.4. The first-order chi connectivity index (χ1) is 9.65. The molecule has 20 heavy (non-hydrogen) atoms. The van der Waals surface area contributed by atoms with E-state index in [1.807, 2.05) is 0 Å². The van der Waals surface area contributed by atoms with Gasteiger partial charge in [-0.25, -0.2) is 0 Å². The molecule has 0 aromatic carbocycles. The Bertz CT molecular complexity index is 291. The number of hydrogen-bond acceptors (Lipinski definition) is 4. The van der Waals surface area contributed by atoms with Gasteiger partial charge in [-0.15, -0.1) is 0 Å². The molecule has 2 aliphatic carbocycles. The molecule has 0 bridgehead atoms. The summed E-state index contributed by atoms with van der Waals surface area (Å²) >= 11 is 0. The summed E-state index contributed by atoms with van der Waals surface area (Å²) in [5.41, 5.74) is -0.841. The van der Waals surface area contributed by atoms with Crippen LogP contribution < -0.4 is 0 Å². The maximum Gasteiger partial charge on any atom is 0.0512 e. The predicted octanol–water partition coefficient (Wildman–Crippen LogP) is 1.31. The SMILES string of the molecule is OCC1(CO)CCC(CO)(CO)C(C2CCCCC2)C1. The first kappa shape index (κ1) is 16.2. The normalized spacial score (nSPS) is 30.3. The zero-order valence-corrected chi connectivity index (χ0v) is 12.4. The Morgan fingerprint density at radius 3 is 1.85 bits per heavy atom. The number of hydrogen-bond donors (Lipinski definition) is 4. The second-order valence-corrected chi connectivity index (χ2v) is 7.20. The van der Waals surface area contributed by atoms with Crippen molar-refractivity contribution in [2.45, 2.75) is 51.4 Å². The van der Waals surface area contributed by atoms with E-state index in [2.05, 4.69) is 0 Å². The van der Waals surface area contributed by atoms with Crippen molar-refractivity contribution in [1.29, 1.82) is 0 Å². The summed E-state index contributed by atoms with van der Waals surface area (Å²) in [6, 6.07) is 0. The van der Waals surface area contributed by atoms with Crippen LogP contribution in [0.4, 0.5) is 0 Å². The highest BCUT2D eigenvalue weighted by atomic mass is 16.3. The van der Waals surface area contributed by atoms with Crippen LogP contribution in [-0.2, 0) is 0 Å². The van der Waals surface area contributed by atoms with Gasteiger partial charge in [-0.2, -0.15) is 0 Å². The van der Waals surface area contributed by atoms with Gasteiger partial charge in [0.05, 0.1) is 26.4 Å². The molecule has 2 saturated carbocycles. The summed E-state index contributed by atoms with van der Waals surface area (Å²) in [5.74, 6) is 0.728. The van der Waals surface area contributed by atoms with Gasteiger partial charge in [0.25, 0.3) is 0 Å². The first-order valence-corrected chi connectivity index (χ1v) is 8.09. The highest BCUT2D eigenvalue weighted by Crippen LogP contribution is 2.53. The molecule has 1 unspecified atom stereocenters. The summed E-state index contributed by atoms with van der Waals surface area (Å²) in [4.78, 5) is 0. The molecule has 0 aromatic heterocycles. The summed E-state index contributed by atoms with van der Waals surface area (Å²) < 4.78 is 0. The van der Waals surface area contributed by atoms with Crippen LogP contribution in [0.25, 0.3) is 0 Å². The van der Waals surface area contributed by atoms with E-state index in [9.17, 15) is 20.4 Å². The fourth-order valence-electron chi connectivity index (χ4n) is 4.47. The Hall–Kier alpha value is -0.160. The molecule has 4 heteroatoms. The van der Waals surface area contributed by atoms with Crippen LogP contribution in [0, 0.1) is 22.7 Å². The Kier molecular flexibility index (Phi) is 5.46. The molecule has 0 heterocycles. The molecule has 0 amide bonds. The van der Waals surface area contributed by atoms with Crippen LogP contribution in [0.15, 0.2) is 0 Å². The Labute approximate surface area is 121 Å². The largest absolute Gasteiger partial charge is 0.396 e. The number of aliphatic hydroxyl groups is 4. The van der Waals surface area contributed by atoms with Gasteiger partial charge >= 0.3 is 0 Å². The fraction of sp³-hybridized carbons (Fsp3) is 1.00. The van der Waals surface area contributed by atoms with Crippen LogP contribution >= 0.6 is 0 Å². The minimum Gasteiger partial charge on any atom is -0.396 e. The molecule has 0 aliphatic heterocycles. The third-order valence-electron chi connectivity index (χ3n) is 6.11. The lowest BCUT2D eigenvalue weighted by molar-refractivity contribution is -0.114. The van der Waals surface area contributed by atoms with Crippen molar-refractivity contribution < 1.29 is 20.4 Å². The van der Waals surface area contributed by atoms with E-state index in [1.54, 1.807) is 0 Å². The molecule has 0 radical (unpaired) electrons. The molecule has 2 fully saturated rings. The van der Waals surface area contributed by atoms with Gasteiger partial charge in [0, 0.05) is 10.8 Å². The predicted molar refractivity (Wildman–Crippen MR) is 77.1 cm³/mol. The quantitative estimate of drug-likeness (QED) is 0.614. The molecular formula is C16H30O4. The zero-order chi connectivity index (χ0) is 14.6. The van der Waals surface area contributed by atoms with E-state index < -0.39 is 10.8 Å². The van der Waals surface area contributed by atoms with Gasteiger partial charge in [-0.3, -0.25) is 0 Å². The van der Waals surface area contributed by atoms with Crippen LogP contribution in [0.2, 0.25) is 0 Å². The highest BCUT2D eigenvalue weighted by molar-refractivity contribution is 5.00. The van der Waals surface area contributed by atoms with E-state index in [1.165, 1.54) is 19.3 Å². The van der Waals surface area contributed by atoms with Crippen LogP contribution in [0.1, 0.15) is 51.4 Å². The number of rotatable bonds is 5. The average Bonchev–Trinajstić information content (AvgIpc) is 2.55. The van der Waals surface area contributed by atoms with Gasteiger partial charge in [0.15, 0.2) is 0 Å². The second kappa shape index (κ2) is 6.73. The smallest absolute Gasteiger partial charge is 0.0512 e. The van der Waals surface area contributed by atoms with Crippen LogP contribution in [0.3, 0.4) is 0 Å². The van der Waals surface area contributed by atoms with E-state index >= 15 is 0 Å². The third-order valence-corrected chi connectivity index (χ3v) is 6.11. The summed E-state index contributed by atoms with van der Waals surface area (Å²) in [5, 5.41) is 39.1. The van der Waals surface area contributed by atoms with Crippen LogP contribution in [0.5, 0.6) is 0 Å². The molecule has 4 nitrogen and oxygen atoms in total. The van der Waals surface area contributed by atoms with E-state index in [4.69, 9.17) is 0 Å². The van der Waals surface area contributed by atoms with Gasteiger partial charge in [0.1, 0.15) is 0 Å². The lowest BCUT2D eigenvalue weighted by Crippen LogP contribution is -2.51. The van der Waals surface area contributed by atoms with Crippen molar-refractivity contribution in [3.05, 3.63) is 0 Å². The maximum absolute atomic E-state index is 9.87. The topological polar surface area (TPSA) is 80.9 Å². The standard InChI is InChI=1S/C16H30O4/c17-9-15(10-18)6-7-16(11-19,12-20)14(8-15)13-4-2-1-3-5-13/h13-14,17-20H,1-12H2. The Morgan fingerprint density at radius 2 is 1.35 bits per heavy atom. The highest BCUT2D eigenvalue weighted by Gasteiger charge is 2.50. The molecule has 4 N–H and O–H groups in total. The van der Waals surface area contributed by atoms with Crippen molar-refractivity contribution in [1.82, 2.24) is 0 Å². The molecule has 0 aromatic rings. The molecule has 0 spiro atoms. The lowest BCUT2D eigenvalue weighted by Gasteiger charge is -2.52. The van der Waals surface area contributed by atoms with Crippen LogP contribution in [-0.4, -0.2) is 46.9 Å². The van der Waals surface area contributed by atoms with E-state index in [-0.39, 0.29) is 32.3 Å². The second-order valence-electron chi connectivity index (χ2n) is 7.20. The Morgan fingerprint density at radius 1 is 0.750 bits per heavy atom. The van der Waals surface area contributed by atoms with Crippen molar-refractivity contribution >= 4 is 0 Å². The van der Waals surface area contributed by atoms with Gasteiger partial charge in [-0.1, -0.05) is 32.1 Å². The molecule has 2 rings (SSSR count). The summed E-state index contributed by atoms with van der Waals surface area (Å²) in [7, 11) is 0. The van der Waals surface area contributed by atoms with Gasteiger partial charge in [0.2, 0.25) is 0 Å². The maximum atomic E-state index is 9.87. The van der Waals surface area contributed by atoms with Gasteiger partial charge in [-0.05, 0) is 31.1 Å². The molecule has 2 aliphatic rings. The molecule has 118 valence electrons. The van der Waals surface area contributed by atoms with Crippen molar-refractivity contribution in [2.75, 3.05) is 26.4 Å². The molecule has 0 saturated heterocycles.